The van der Waals surface area contributed by atoms with Crippen LogP contribution < -0.4 is 0 Å². The number of amides is 1. The number of imidazole rings is 1. The zero-order valence-corrected chi connectivity index (χ0v) is 17.9. The summed E-state index contributed by atoms with van der Waals surface area (Å²) in [6.07, 6.45) is -7.55. The molecule has 4 aromatic heterocycles. The van der Waals surface area contributed by atoms with E-state index in [4.69, 9.17) is 4.42 Å². The molecule has 1 aliphatic rings. The number of aromatic nitrogens is 5. The van der Waals surface area contributed by atoms with E-state index >= 15 is 0 Å². The lowest BCUT2D eigenvalue weighted by molar-refractivity contribution is -0.142. The second kappa shape index (κ2) is 8.15. The van der Waals surface area contributed by atoms with Gasteiger partial charge < -0.3 is 19.4 Å². The van der Waals surface area contributed by atoms with Gasteiger partial charge in [-0.3, -0.25) is 4.79 Å². The van der Waals surface area contributed by atoms with Gasteiger partial charge in [-0.05, 0) is 25.1 Å². The van der Waals surface area contributed by atoms with Crippen LogP contribution in [0.4, 0.5) is 22.0 Å². The van der Waals surface area contributed by atoms with Gasteiger partial charge in [-0.25, -0.2) is 23.3 Å². The van der Waals surface area contributed by atoms with Gasteiger partial charge in [-0.1, -0.05) is 6.07 Å². The van der Waals surface area contributed by atoms with E-state index in [1.807, 2.05) is 0 Å². The van der Waals surface area contributed by atoms with E-state index < -0.39 is 53.7 Å². The minimum absolute atomic E-state index is 0.00603. The van der Waals surface area contributed by atoms with Gasteiger partial charge >= 0.3 is 6.18 Å². The SMILES string of the molecule is C[C@@H](O)c1nc(C(F)F)c(C(=O)N2CCc3[nH]cnc3C2c2cc3cccc(C(F)(F)F)n3n2)o1. The van der Waals surface area contributed by atoms with Gasteiger partial charge in [0.15, 0.2) is 5.69 Å². The number of alkyl halides is 5. The molecule has 4 aromatic rings. The number of aromatic amines is 1. The molecule has 0 saturated heterocycles. The van der Waals surface area contributed by atoms with Gasteiger partial charge in [0.05, 0.1) is 23.2 Å². The van der Waals surface area contributed by atoms with E-state index in [0.717, 1.165) is 11.0 Å². The zero-order valence-electron chi connectivity index (χ0n) is 17.9. The number of nitrogens with one attached hydrogen (secondary N) is 1. The lowest BCUT2D eigenvalue weighted by atomic mass is 9.99. The second-order valence-corrected chi connectivity index (χ2v) is 7.98. The van der Waals surface area contributed by atoms with Crippen molar-refractivity contribution in [1.82, 2.24) is 29.5 Å². The minimum Gasteiger partial charge on any atom is -0.432 e. The number of pyridine rings is 1. The predicted molar refractivity (Wildman–Crippen MR) is 107 cm³/mol. The first-order valence-corrected chi connectivity index (χ1v) is 10.4. The number of fused-ring (bicyclic) bond motifs is 2. The fraction of sp³-hybridized carbons (Fsp3) is 0.333. The fourth-order valence-corrected chi connectivity index (χ4v) is 4.14. The first-order valence-electron chi connectivity index (χ1n) is 10.4. The van der Waals surface area contributed by atoms with E-state index in [9.17, 15) is 31.9 Å². The van der Waals surface area contributed by atoms with Crippen LogP contribution >= 0.6 is 0 Å². The normalized spacial score (nSPS) is 17.3. The third-order valence-corrected chi connectivity index (χ3v) is 5.69. The van der Waals surface area contributed by atoms with E-state index in [-0.39, 0.29) is 24.2 Å². The molecule has 9 nitrogen and oxygen atoms in total. The summed E-state index contributed by atoms with van der Waals surface area (Å²) in [5, 5.41) is 13.8. The van der Waals surface area contributed by atoms with Gasteiger partial charge in [0, 0.05) is 18.7 Å². The highest BCUT2D eigenvalue weighted by Gasteiger charge is 2.41. The second-order valence-electron chi connectivity index (χ2n) is 7.98. The molecule has 0 saturated carbocycles. The number of hydrogen-bond donors (Lipinski definition) is 2. The summed E-state index contributed by atoms with van der Waals surface area (Å²) in [5.74, 6) is -2.20. The first-order chi connectivity index (χ1) is 16.6. The third-order valence-electron chi connectivity index (χ3n) is 5.69. The van der Waals surface area contributed by atoms with Gasteiger partial charge in [-0.15, -0.1) is 0 Å². The molecule has 0 bridgehead atoms. The van der Waals surface area contributed by atoms with Gasteiger partial charge in [-0.2, -0.15) is 18.3 Å². The van der Waals surface area contributed by atoms with Crippen molar-refractivity contribution in [2.45, 2.75) is 38.1 Å². The third kappa shape index (κ3) is 3.83. The summed E-state index contributed by atoms with van der Waals surface area (Å²) < 4.78 is 73.7. The Bertz CT molecular complexity index is 1410. The maximum absolute atomic E-state index is 13.6. The molecule has 2 N–H and O–H groups in total. The van der Waals surface area contributed by atoms with Crippen LogP contribution in [0.15, 0.2) is 35.0 Å². The lowest BCUT2D eigenvalue weighted by Crippen LogP contribution is -2.41. The van der Waals surface area contributed by atoms with Crippen molar-refractivity contribution in [2.75, 3.05) is 6.54 Å². The van der Waals surface area contributed by atoms with E-state index in [2.05, 4.69) is 20.1 Å². The molecule has 0 spiro atoms. The quantitative estimate of drug-likeness (QED) is 0.415. The standard InChI is InChI=1S/C21H17F5N6O3/c1-9(33)19-29-15(18(22)23)17(35-19)20(34)31-6-5-11-14(28-8-27-11)16(31)12-7-10-3-2-4-13(21(24,25)26)32(10)30-12/h2-4,7-9,16,18,33H,5-6H2,1H3,(H,27,28)/t9-,16?/m1/s1. The fourth-order valence-electron chi connectivity index (χ4n) is 4.14. The van der Waals surface area contributed by atoms with E-state index in [0.29, 0.717) is 15.9 Å². The molecular formula is C21H17F5N6O3. The molecule has 5 heterocycles. The summed E-state index contributed by atoms with van der Waals surface area (Å²) in [5.41, 5.74) is -0.842. The molecule has 0 aromatic carbocycles. The highest BCUT2D eigenvalue weighted by Crippen LogP contribution is 2.37. The lowest BCUT2D eigenvalue weighted by Gasteiger charge is -2.33. The molecule has 0 aliphatic carbocycles. The largest absolute Gasteiger partial charge is 0.433 e. The molecule has 1 amide bonds. The summed E-state index contributed by atoms with van der Waals surface area (Å²) >= 11 is 0. The van der Waals surface area contributed by atoms with Crippen molar-refractivity contribution in [3.63, 3.8) is 0 Å². The van der Waals surface area contributed by atoms with Crippen molar-refractivity contribution < 1.29 is 36.3 Å². The number of carbonyl (C=O) groups is 1. The Kier molecular flexibility index (Phi) is 5.34. The Labute approximate surface area is 193 Å². The van der Waals surface area contributed by atoms with E-state index in [1.54, 1.807) is 0 Å². The number of hydrogen-bond acceptors (Lipinski definition) is 6. The van der Waals surface area contributed by atoms with Crippen LogP contribution in [0.2, 0.25) is 0 Å². The Morgan fingerprint density at radius 3 is 2.77 bits per heavy atom. The van der Waals surface area contributed by atoms with Crippen molar-refractivity contribution in [3.8, 4) is 0 Å². The highest BCUT2D eigenvalue weighted by atomic mass is 19.4. The summed E-state index contributed by atoms with van der Waals surface area (Å²) in [4.78, 5) is 25.3. The summed E-state index contributed by atoms with van der Waals surface area (Å²) in [6, 6.07) is 3.80. The molecule has 1 unspecified atom stereocenters. The van der Waals surface area contributed by atoms with Gasteiger partial charge in [0.2, 0.25) is 11.7 Å². The maximum atomic E-state index is 13.6. The van der Waals surface area contributed by atoms with Crippen molar-refractivity contribution in [3.05, 3.63) is 70.7 Å². The molecule has 5 rings (SSSR count). The van der Waals surface area contributed by atoms with Gasteiger partial charge in [0.1, 0.15) is 17.8 Å². The first kappa shape index (κ1) is 23.0. The van der Waals surface area contributed by atoms with Crippen LogP contribution in [0, 0.1) is 0 Å². The number of rotatable bonds is 4. The summed E-state index contributed by atoms with van der Waals surface area (Å²) in [7, 11) is 0. The average molecular weight is 496 g/mol. The summed E-state index contributed by atoms with van der Waals surface area (Å²) in [6.45, 7) is 1.25. The number of H-pyrrole nitrogens is 1. The number of aliphatic hydroxyl groups excluding tert-OH is 1. The van der Waals surface area contributed by atoms with Crippen LogP contribution in [0.3, 0.4) is 0 Å². The predicted octanol–water partition coefficient (Wildman–Crippen LogP) is 3.84. The number of carbonyl (C=O) groups excluding carboxylic acids is 1. The van der Waals surface area contributed by atoms with Crippen molar-refractivity contribution >= 4 is 11.4 Å². The molecular weight excluding hydrogens is 479 g/mol. The van der Waals surface area contributed by atoms with Gasteiger partial charge in [0.25, 0.3) is 12.3 Å². The number of oxazole rings is 1. The smallest absolute Gasteiger partial charge is 0.432 e. The van der Waals surface area contributed by atoms with Crippen LogP contribution in [0.25, 0.3) is 5.52 Å². The minimum atomic E-state index is -4.69. The van der Waals surface area contributed by atoms with Crippen LogP contribution in [-0.2, 0) is 12.6 Å². The van der Waals surface area contributed by atoms with Crippen LogP contribution in [0.1, 0.15) is 70.4 Å². The molecule has 1 aliphatic heterocycles. The van der Waals surface area contributed by atoms with Crippen molar-refractivity contribution in [2.24, 2.45) is 0 Å². The Hall–Kier alpha value is -3.81. The van der Waals surface area contributed by atoms with Crippen LogP contribution in [-0.4, -0.2) is 47.0 Å². The topological polar surface area (TPSA) is 113 Å². The number of nitrogens with zero attached hydrogens (tertiary/aromatic N) is 5. The Morgan fingerprint density at radius 2 is 2.09 bits per heavy atom. The van der Waals surface area contributed by atoms with Crippen LogP contribution in [0.5, 0.6) is 0 Å². The molecule has 35 heavy (non-hydrogen) atoms. The molecule has 2 atom stereocenters. The monoisotopic (exact) mass is 496 g/mol. The Balaban J connectivity index is 1.64. The number of halogens is 5. The molecule has 0 fully saturated rings. The number of aliphatic hydroxyl groups is 1. The molecule has 184 valence electrons. The van der Waals surface area contributed by atoms with E-state index in [1.165, 1.54) is 31.5 Å². The van der Waals surface area contributed by atoms with Crippen molar-refractivity contribution in [1.29, 1.82) is 0 Å². The highest BCUT2D eigenvalue weighted by molar-refractivity contribution is 5.93. The zero-order chi connectivity index (χ0) is 25.1. The maximum Gasteiger partial charge on any atom is 0.433 e. The Morgan fingerprint density at radius 1 is 1.31 bits per heavy atom. The molecule has 14 heteroatoms. The molecule has 0 radical (unpaired) electrons. The average Bonchev–Trinajstić information content (AvgIpc) is 3.54.